The number of carbonyl (C=O) groups is 1. The first-order valence-corrected chi connectivity index (χ1v) is 14.0. The second-order valence-corrected chi connectivity index (χ2v) is 12.4. The maximum absolute atomic E-state index is 13.0. The Labute approximate surface area is 208 Å². The lowest BCUT2D eigenvalue weighted by Gasteiger charge is -2.40. The van der Waals surface area contributed by atoms with Gasteiger partial charge in [0, 0.05) is 36.8 Å². The molecule has 3 aromatic heterocycles. The van der Waals surface area contributed by atoms with E-state index in [2.05, 4.69) is 25.6 Å². The molecule has 0 aromatic carbocycles. The van der Waals surface area contributed by atoms with Crippen molar-refractivity contribution in [1.29, 1.82) is 0 Å². The summed E-state index contributed by atoms with van der Waals surface area (Å²) in [5.74, 6) is 0.990. The standard InChI is InChI=1S/C23H30N8O4S/c1-14-11-30(36(33,34)18-7-15(8-18)12-32)6-5-19(14)27-23-28-22-21(35-17-3-2-4-17)20(16-9-25-26-10-16)24-13-31(22)29-23/h9-10,12-15,17-19H,2-8,11H2,1H3,(H,25,26)(H,27,29)/t14-,15?,18?,19+/m1/s1. The molecule has 0 unspecified atom stereocenters. The van der Waals surface area contributed by atoms with Crippen LogP contribution in [-0.4, -0.2) is 79.3 Å². The molecule has 3 fully saturated rings. The molecule has 13 heteroatoms. The summed E-state index contributed by atoms with van der Waals surface area (Å²) in [6.45, 7) is 2.90. The van der Waals surface area contributed by atoms with Crippen LogP contribution in [0, 0.1) is 11.8 Å². The Morgan fingerprint density at radius 2 is 2.08 bits per heavy atom. The van der Waals surface area contributed by atoms with Crippen molar-refractivity contribution in [2.45, 2.75) is 62.8 Å². The van der Waals surface area contributed by atoms with Gasteiger partial charge in [-0.15, -0.1) is 5.10 Å². The molecule has 0 bridgehead atoms. The molecule has 4 heterocycles. The lowest BCUT2D eigenvalue weighted by molar-refractivity contribution is -0.112. The van der Waals surface area contributed by atoms with Crippen LogP contribution >= 0.6 is 0 Å². The zero-order chi connectivity index (χ0) is 24.9. The molecule has 192 valence electrons. The minimum Gasteiger partial charge on any atom is -0.484 e. The highest BCUT2D eigenvalue weighted by molar-refractivity contribution is 7.89. The van der Waals surface area contributed by atoms with Gasteiger partial charge in [0.15, 0.2) is 5.75 Å². The van der Waals surface area contributed by atoms with Gasteiger partial charge in [0.05, 0.1) is 17.6 Å². The van der Waals surface area contributed by atoms with Crippen molar-refractivity contribution in [3.63, 3.8) is 0 Å². The zero-order valence-electron chi connectivity index (χ0n) is 20.1. The highest BCUT2D eigenvalue weighted by Gasteiger charge is 2.43. The molecular weight excluding hydrogens is 484 g/mol. The molecule has 12 nitrogen and oxygen atoms in total. The second-order valence-electron chi connectivity index (χ2n) is 10.2. The molecule has 2 N–H and O–H groups in total. The predicted molar refractivity (Wildman–Crippen MR) is 131 cm³/mol. The number of piperidine rings is 1. The van der Waals surface area contributed by atoms with Gasteiger partial charge in [0.2, 0.25) is 21.6 Å². The molecule has 3 aromatic rings. The number of carbonyl (C=O) groups excluding carboxylic acids is 1. The SMILES string of the molecule is C[C@@H]1CN(S(=O)(=O)C2CC(C=O)C2)CC[C@@H]1Nc1nc2c(OC3CCC3)c(-c3cn[nH]c3)ncn2n1. The van der Waals surface area contributed by atoms with E-state index in [9.17, 15) is 13.2 Å². The number of aldehydes is 1. The predicted octanol–water partition coefficient (Wildman–Crippen LogP) is 1.88. The van der Waals surface area contributed by atoms with Crippen LogP contribution in [0.25, 0.3) is 16.9 Å². The number of hydrogen-bond acceptors (Lipinski definition) is 9. The smallest absolute Gasteiger partial charge is 0.243 e. The Bertz CT molecular complexity index is 1350. The first-order chi connectivity index (χ1) is 17.4. The van der Waals surface area contributed by atoms with Crippen molar-refractivity contribution in [2.75, 3.05) is 18.4 Å². The van der Waals surface area contributed by atoms with Gasteiger partial charge >= 0.3 is 0 Å². The normalized spacial score (nSPS) is 27.4. The van der Waals surface area contributed by atoms with Gasteiger partial charge in [0.1, 0.15) is 18.3 Å². The van der Waals surface area contributed by atoms with Crippen LogP contribution in [0.4, 0.5) is 5.95 Å². The van der Waals surface area contributed by atoms with Crippen molar-refractivity contribution in [3.05, 3.63) is 18.7 Å². The van der Waals surface area contributed by atoms with Crippen molar-refractivity contribution >= 4 is 27.9 Å². The third-order valence-electron chi connectivity index (χ3n) is 7.74. The molecule has 36 heavy (non-hydrogen) atoms. The first kappa shape index (κ1) is 23.3. The monoisotopic (exact) mass is 514 g/mol. The van der Waals surface area contributed by atoms with E-state index in [1.165, 1.54) is 0 Å². The van der Waals surface area contributed by atoms with E-state index in [1.807, 2.05) is 6.92 Å². The maximum Gasteiger partial charge on any atom is 0.243 e. The van der Waals surface area contributed by atoms with Gasteiger partial charge in [-0.1, -0.05) is 6.92 Å². The van der Waals surface area contributed by atoms with Gasteiger partial charge in [-0.25, -0.2) is 17.7 Å². The van der Waals surface area contributed by atoms with Gasteiger partial charge in [-0.05, 0) is 44.4 Å². The summed E-state index contributed by atoms with van der Waals surface area (Å²) in [6, 6.07) is 0.0234. The zero-order valence-corrected chi connectivity index (χ0v) is 20.9. The van der Waals surface area contributed by atoms with Crippen molar-refractivity contribution in [1.82, 2.24) is 34.1 Å². The molecule has 1 aliphatic heterocycles. The quantitative estimate of drug-likeness (QED) is 0.430. The Balaban J connectivity index is 1.19. The molecule has 0 radical (unpaired) electrons. The van der Waals surface area contributed by atoms with Crippen LogP contribution in [0.3, 0.4) is 0 Å². The van der Waals surface area contributed by atoms with Crippen LogP contribution in [0.1, 0.15) is 45.4 Å². The number of aromatic amines is 1. The number of nitrogens with zero attached hydrogens (tertiary/aromatic N) is 6. The summed E-state index contributed by atoms with van der Waals surface area (Å²) in [5.41, 5.74) is 2.07. The molecule has 2 saturated carbocycles. The number of ether oxygens (including phenoxy) is 1. The maximum atomic E-state index is 13.0. The number of aromatic nitrogens is 6. The topological polar surface area (TPSA) is 147 Å². The summed E-state index contributed by atoms with van der Waals surface area (Å²) in [6.07, 6.45) is 10.8. The van der Waals surface area contributed by atoms with Gasteiger partial charge in [-0.2, -0.15) is 14.6 Å². The molecular formula is C23H30N8O4S. The Kier molecular flexibility index (Phi) is 5.91. The van der Waals surface area contributed by atoms with Crippen LogP contribution in [0.5, 0.6) is 5.75 Å². The highest BCUT2D eigenvalue weighted by atomic mass is 32.2. The van der Waals surface area contributed by atoms with E-state index in [0.717, 1.165) is 31.1 Å². The summed E-state index contributed by atoms with van der Waals surface area (Å²) in [5, 5.41) is 14.4. The van der Waals surface area contributed by atoms with E-state index in [1.54, 1.807) is 27.5 Å². The minimum atomic E-state index is -3.38. The number of anilines is 1. The third kappa shape index (κ3) is 4.13. The number of nitrogens with one attached hydrogen (secondary N) is 2. The Morgan fingerprint density at radius 3 is 2.75 bits per heavy atom. The molecule has 0 amide bonds. The van der Waals surface area contributed by atoms with E-state index < -0.39 is 15.3 Å². The van der Waals surface area contributed by atoms with Crippen molar-refractivity contribution in [2.24, 2.45) is 11.8 Å². The third-order valence-corrected chi connectivity index (χ3v) is 10.0. The van der Waals surface area contributed by atoms with Gasteiger partial charge < -0.3 is 14.8 Å². The molecule has 2 aliphatic carbocycles. The van der Waals surface area contributed by atoms with E-state index in [4.69, 9.17) is 9.72 Å². The first-order valence-electron chi connectivity index (χ1n) is 12.5. The molecule has 1 saturated heterocycles. The van der Waals surface area contributed by atoms with Crippen molar-refractivity contribution < 1.29 is 17.9 Å². The van der Waals surface area contributed by atoms with E-state index in [0.29, 0.717) is 55.4 Å². The number of H-pyrrole nitrogens is 1. The van der Waals surface area contributed by atoms with Gasteiger partial charge in [0.25, 0.3) is 0 Å². The van der Waals surface area contributed by atoms with E-state index in [-0.39, 0.29) is 24.0 Å². The number of sulfonamides is 1. The highest BCUT2D eigenvalue weighted by Crippen LogP contribution is 2.37. The van der Waals surface area contributed by atoms with Crippen LogP contribution in [-0.2, 0) is 14.8 Å². The minimum absolute atomic E-state index is 0.0234. The Hall–Kier alpha value is -3.06. The largest absolute Gasteiger partial charge is 0.484 e. The summed E-state index contributed by atoms with van der Waals surface area (Å²) in [7, 11) is -3.38. The molecule has 2 atom stereocenters. The fourth-order valence-electron chi connectivity index (χ4n) is 5.14. The second kappa shape index (κ2) is 9.11. The lowest BCUT2D eigenvalue weighted by atomic mass is 9.86. The summed E-state index contributed by atoms with van der Waals surface area (Å²) < 4.78 is 35.5. The lowest BCUT2D eigenvalue weighted by Crippen LogP contribution is -2.52. The fraction of sp³-hybridized carbons (Fsp3) is 0.609. The molecule has 6 rings (SSSR count). The van der Waals surface area contributed by atoms with Crippen LogP contribution < -0.4 is 10.1 Å². The van der Waals surface area contributed by atoms with Crippen LogP contribution in [0.15, 0.2) is 18.7 Å². The molecule has 0 spiro atoms. The fourth-order valence-corrected chi connectivity index (χ4v) is 7.34. The van der Waals surface area contributed by atoms with Crippen LogP contribution in [0.2, 0.25) is 0 Å². The summed E-state index contributed by atoms with van der Waals surface area (Å²) in [4.78, 5) is 20.2. The number of fused-ring (bicyclic) bond motifs is 1. The summed E-state index contributed by atoms with van der Waals surface area (Å²) >= 11 is 0. The Morgan fingerprint density at radius 1 is 1.25 bits per heavy atom. The number of rotatable bonds is 8. The molecule has 3 aliphatic rings. The average molecular weight is 515 g/mol. The average Bonchev–Trinajstić information content (AvgIpc) is 3.46. The van der Waals surface area contributed by atoms with Crippen molar-refractivity contribution in [3.8, 4) is 17.0 Å². The van der Waals surface area contributed by atoms with E-state index >= 15 is 0 Å². The number of hydrogen-bond donors (Lipinski definition) is 2. The van der Waals surface area contributed by atoms with Gasteiger partial charge in [-0.3, -0.25) is 5.10 Å².